The van der Waals surface area contributed by atoms with Crippen molar-refractivity contribution < 1.29 is 4.79 Å². The molecule has 0 saturated carbocycles. The summed E-state index contributed by atoms with van der Waals surface area (Å²) in [6, 6.07) is 6.54. The first-order valence-corrected chi connectivity index (χ1v) is 11.2. The number of carbonyl (C=O) groups excluding carboxylic acids is 1. The highest BCUT2D eigenvalue weighted by atomic mass is 16.2. The maximum atomic E-state index is 13.1. The summed E-state index contributed by atoms with van der Waals surface area (Å²) in [7, 11) is 0. The lowest BCUT2D eigenvalue weighted by Crippen LogP contribution is -2.58. The first kappa shape index (κ1) is 21.6. The van der Waals surface area contributed by atoms with Crippen LogP contribution < -0.4 is 10.6 Å². The van der Waals surface area contributed by atoms with Gasteiger partial charge >= 0.3 is 0 Å². The van der Waals surface area contributed by atoms with Crippen molar-refractivity contribution in [1.29, 1.82) is 0 Å². The number of rotatable bonds is 7. The molecule has 4 atom stereocenters. The van der Waals surface area contributed by atoms with Crippen LogP contribution in [-0.4, -0.2) is 42.5 Å². The topological polar surface area (TPSA) is 44.4 Å². The van der Waals surface area contributed by atoms with Crippen molar-refractivity contribution in [3.05, 3.63) is 48.1 Å². The van der Waals surface area contributed by atoms with Crippen LogP contribution >= 0.6 is 0 Å². The van der Waals surface area contributed by atoms with E-state index >= 15 is 0 Å². The highest BCUT2D eigenvalue weighted by Crippen LogP contribution is 2.51. The number of carbonyl (C=O) groups is 1. The molecule has 0 spiro atoms. The molecule has 1 heterocycles. The first-order chi connectivity index (χ1) is 13.9. The lowest BCUT2D eigenvalue weighted by Gasteiger charge is -2.50. The fraction of sp³-hybridized carbons (Fsp3) is 0.560. The highest BCUT2D eigenvalue weighted by molar-refractivity contribution is 5.89. The van der Waals surface area contributed by atoms with Gasteiger partial charge in [0.15, 0.2) is 0 Å². The van der Waals surface area contributed by atoms with Crippen molar-refractivity contribution in [2.24, 2.45) is 11.8 Å². The minimum absolute atomic E-state index is 0.126. The molecule has 1 aliphatic carbocycles. The molecular weight excluding hydrogens is 358 g/mol. The summed E-state index contributed by atoms with van der Waals surface area (Å²) < 4.78 is 0. The zero-order valence-electron chi connectivity index (χ0n) is 18.7. The van der Waals surface area contributed by atoms with Crippen molar-refractivity contribution in [1.82, 2.24) is 10.2 Å². The van der Waals surface area contributed by atoms with E-state index in [1.54, 1.807) is 0 Å². The van der Waals surface area contributed by atoms with E-state index in [0.29, 0.717) is 12.5 Å². The van der Waals surface area contributed by atoms with Crippen LogP contribution in [0.1, 0.15) is 58.1 Å². The predicted molar refractivity (Wildman–Crippen MR) is 123 cm³/mol. The number of fused-ring (bicyclic) bond motifs is 3. The van der Waals surface area contributed by atoms with Gasteiger partial charge in [-0.15, -0.1) is 6.58 Å². The van der Waals surface area contributed by atoms with Crippen molar-refractivity contribution in [2.45, 2.75) is 52.5 Å². The molecule has 0 saturated heterocycles. The molecule has 4 nitrogen and oxygen atoms in total. The van der Waals surface area contributed by atoms with E-state index < -0.39 is 0 Å². The predicted octanol–water partition coefficient (Wildman–Crippen LogP) is 4.66. The van der Waals surface area contributed by atoms with Crippen LogP contribution in [0.15, 0.2) is 36.9 Å². The van der Waals surface area contributed by atoms with Gasteiger partial charge in [-0.3, -0.25) is 4.79 Å². The molecule has 4 heteroatoms. The SMILES string of the molecule is C=CC(C)[C@@]12CC(C)c3c(NCC)cccc3C1=C[C@@H](C(=O)N(CC)CC)CN2. The van der Waals surface area contributed by atoms with Crippen molar-refractivity contribution >= 4 is 17.2 Å². The van der Waals surface area contributed by atoms with Crippen LogP contribution in [0, 0.1) is 11.8 Å². The fourth-order valence-electron chi connectivity index (χ4n) is 5.29. The molecule has 29 heavy (non-hydrogen) atoms. The smallest absolute Gasteiger partial charge is 0.230 e. The minimum Gasteiger partial charge on any atom is -0.385 e. The Morgan fingerprint density at radius 3 is 2.72 bits per heavy atom. The van der Waals surface area contributed by atoms with E-state index in [1.165, 1.54) is 22.4 Å². The molecule has 2 N–H and O–H groups in total. The van der Waals surface area contributed by atoms with Crippen LogP contribution in [-0.2, 0) is 4.79 Å². The standard InChI is InChI=1S/C25H37N3O/c1-7-18(6)25-15-17(5)23-20(12-11-13-22(23)26-8-2)21(25)14-19(16-27-25)24(29)28(9-3)10-4/h7,11-14,17-19,26-27H,1,8-10,15-16H2,2-6H3/t17?,18?,19-,25+/m1/s1. The number of nitrogens with zero attached hydrogens (tertiary/aromatic N) is 1. The second kappa shape index (κ2) is 8.74. The minimum atomic E-state index is -0.168. The number of hydrogen-bond donors (Lipinski definition) is 2. The Balaban J connectivity index is 2.16. The van der Waals surface area contributed by atoms with E-state index in [4.69, 9.17) is 0 Å². The second-order valence-corrected chi connectivity index (χ2v) is 8.48. The van der Waals surface area contributed by atoms with Crippen LogP contribution in [0.2, 0.25) is 0 Å². The lowest BCUT2D eigenvalue weighted by atomic mass is 9.62. The Morgan fingerprint density at radius 2 is 2.10 bits per heavy atom. The molecule has 3 rings (SSSR count). The average Bonchev–Trinajstić information content (AvgIpc) is 2.73. The Hall–Kier alpha value is -2.07. The average molecular weight is 396 g/mol. The third kappa shape index (κ3) is 3.63. The monoisotopic (exact) mass is 395 g/mol. The molecule has 1 amide bonds. The van der Waals surface area contributed by atoms with Gasteiger partial charge in [0.2, 0.25) is 5.91 Å². The molecule has 158 valence electrons. The number of amides is 1. The Morgan fingerprint density at radius 1 is 1.38 bits per heavy atom. The van der Waals surface area contributed by atoms with Crippen LogP contribution in [0.25, 0.3) is 5.57 Å². The van der Waals surface area contributed by atoms with Gasteiger partial charge in [-0.25, -0.2) is 0 Å². The number of anilines is 1. The molecule has 2 unspecified atom stereocenters. The zero-order valence-corrected chi connectivity index (χ0v) is 18.7. The quantitative estimate of drug-likeness (QED) is 0.660. The van der Waals surface area contributed by atoms with Crippen LogP contribution in [0.4, 0.5) is 5.69 Å². The molecule has 0 bridgehead atoms. The van der Waals surface area contributed by atoms with Crippen LogP contribution in [0.5, 0.6) is 0 Å². The summed E-state index contributed by atoms with van der Waals surface area (Å²) in [5, 5.41) is 7.38. The number of benzene rings is 1. The summed E-state index contributed by atoms with van der Waals surface area (Å²) in [5.74, 6) is 0.788. The first-order valence-electron chi connectivity index (χ1n) is 11.2. The molecular formula is C25H37N3O. The van der Waals surface area contributed by atoms with E-state index in [1.807, 2.05) is 4.90 Å². The maximum absolute atomic E-state index is 13.1. The van der Waals surface area contributed by atoms with Gasteiger partial charge in [0.1, 0.15) is 0 Å². The summed E-state index contributed by atoms with van der Waals surface area (Å²) in [6.07, 6.45) is 5.32. The third-order valence-electron chi connectivity index (χ3n) is 6.89. The molecule has 0 fully saturated rings. The molecule has 1 aliphatic heterocycles. The van der Waals surface area contributed by atoms with E-state index in [-0.39, 0.29) is 23.3 Å². The van der Waals surface area contributed by atoms with Crippen molar-refractivity contribution in [3.8, 4) is 0 Å². The molecule has 0 aromatic heterocycles. The Bertz CT molecular complexity index is 795. The van der Waals surface area contributed by atoms with Crippen molar-refractivity contribution in [2.75, 3.05) is 31.5 Å². The van der Waals surface area contributed by atoms with E-state index in [0.717, 1.165) is 26.1 Å². The number of hydrogen-bond acceptors (Lipinski definition) is 3. The lowest BCUT2D eigenvalue weighted by molar-refractivity contribution is -0.133. The maximum Gasteiger partial charge on any atom is 0.230 e. The van der Waals surface area contributed by atoms with Crippen molar-refractivity contribution in [3.63, 3.8) is 0 Å². The number of nitrogens with one attached hydrogen (secondary N) is 2. The van der Waals surface area contributed by atoms with Gasteiger partial charge in [-0.1, -0.05) is 38.1 Å². The summed E-state index contributed by atoms with van der Waals surface area (Å²) >= 11 is 0. The summed E-state index contributed by atoms with van der Waals surface area (Å²) in [6.45, 7) is 18.0. The summed E-state index contributed by atoms with van der Waals surface area (Å²) in [5.41, 5.74) is 4.98. The normalized spacial score (nSPS) is 26.6. The molecule has 0 radical (unpaired) electrons. The molecule has 2 aliphatic rings. The van der Waals surface area contributed by atoms with Gasteiger partial charge in [-0.2, -0.15) is 0 Å². The van der Waals surface area contributed by atoms with Gasteiger partial charge in [0.05, 0.1) is 11.5 Å². The summed E-state index contributed by atoms with van der Waals surface area (Å²) in [4.78, 5) is 15.1. The Labute approximate surface area is 176 Å². The largest absolute Gasteiger partial charge is 0.385 e. The molecule has 1 aromatic carbocycles. The third-order valence-corrected chi connectivity index (χ3v) is 6.89. The van der Waals surface area contributed by atoms with E-state index in [9.17, 15) is 4.79 Å². The second-order valence-electron chi connectivity index (χ2n) is 8.48. The van der Waals surface area contributed by atoms with Gasteiger partial charge < -0.3 is 15.5 Å². The zero-order chi connectivity index (χ0) is 21.2. The highest BCUT2D eigenvalue weighted by Gasteiger charge is 2.48. The van der Waals surface area contributed by atoms with Gasteiger partial charge in [0.25, 0.3) is 0 Å². The fourth-order valence-corrected chi connectivity index (χ4v) is 5.29. The van der Waals surface area contributed by atoms with Crippen LogP contribution in [0.3, 0.4) is 0 Å². The Kier molecular flexibility index (Phi) is 6.52. The molecule has 1 aromatic rings. The van der Waals surface area contributed by atoms with Gasteiger partial charge in [0, 0.05) is 31.9 Å². The van der Waals surface area contributed by atoms with Gasteiger partial charge in [-0.05, 0) is 61.8 Å². The van der Waals surface area contributed by atoms with E-state index in [2.05, 4.69) is 82.2 Å².